The Kier molecular flexibility index (Phi) is 4.76. The van der Waals surface area contributed by atoms with Crippen molar-refractivity contribution < 1.29 is 9.53 Å². The molecule has 0 saturated carbocycles. The van der Waals surface area contributed by atoms with Gasteiger partial charge < -0.3 is 20.4 Å². The van der Waals surface area contributed by atoms with Crippen molar-refractivity contribution in [3.05, 3.63) is 41.4 Å². The number of aromatic nitrogens is 4. The second-order valence-corrected chi connectivity index (χ2v) is 5.26. The minimum Gasteiger partial charge on any atom is -0.497 e. The monoisotopic (exact) mass is 346 g/mol. The molecule has 0 atom stereocenters. The molecule has 0 spiro atoms. The van der Waals surface area contributed by atoms with Gasteiger partial charge in [0.2, 0.25) is 11.2 Å². The van der Waals surface area contributed by atoms with E-state index in [0.717, 1.165) is 11.3 Å². The Hall–Kier alpha value is -2.87. The highest BCUT2D eigenvalue weighted by Gasteiger charge is 2.10. The predicted molar refractivity (Wildman–Crippen MR) is 90.0 cm³/mol. The summed E-state index contributed by atoms with van der Waals surface area (Å²) in [4.78, 5) is 26.9. The fraction of sp³-hybridized carbons (Fsp3) is 0.200. The highest BCUT2D eigenvalue weighted by atomic mass is 35.5. The lowest BCUT2D eigenvalue weighted by molar-refractivity contribution is -0.119. The molecule has 0 aliphatic rings. The van der Waals surface area contributed by atoms with E-state index in [2.05, 4.69) is 30.6 Å². The van der Waals surface area contributed by atoms with Crippen LogP contribution in [0.1, 0.15) is 5.56 Å². The van der Waals surface area contributed by atoms with Crippen molar-refractivity contribution >= 4 is 34.5 Å². The summed E-state index contributed by atoms with van der Waals surface area (Å²) in [5.41, 5.74) is 2.02. The number of carbonyl (C=O) groups excluding carboxylic acids is 1. The van der Waals surface area contributed by atoms with E-state index in [0.29, 0.717) is 23.5 Å². The molecule has 1 amide bonds. The van der Waals surface area contributed by atoms with Gasteiger partial charge in [0, 0.05) is 6.54 Å². The van der Waals surface area contributed by atoms with Crippen LogP contribution in [0.25, 0.3) is 11.2 Å². The van der Waals surface area contributed by atoms with E-state index in [9.17, 15) is 4.79 Å². The van der Waals surface area contributed by atoms with E-state index in [1.165, 1.54) is 6.33 Å². The number of methoxy groups -OCH3 is 1. The van der Waals surface area contributed by atoms with E-state index in [1.807, 2.05) is 24.3 Å². The Labute approximate surface area is 142 Å². The number of fused-ring (bicyclic) bond motifs is 1. The standard InChI is InChI=1S/C15H15ClN6O2/c1-24-10-4-2-9(3-5-10)6-17-11(23)7-18-13-12-14(20-8-19-12)22-15(16)21-13/h2-5,8H,6-7H2,1H3,(H,17,23)(H2,18,19,20,21,22). The van der Waals surface area contributed by atoms with E-state index in [4.69, 9.17) is 16.3 Å². The smallest absolute Gasteiger partial charge is 0.239 e. The van der Waals surface area contributed by atoms with Gasteiger partial charge in [-0.05, 0) is 29.3 Å². The summed E-state index contributed by atoms with van der Waals surface area (Å²) in [6, 6.07) is 7.48. The minimum atomic E-state index is -0.173. The van der Waals surface area contributed by atoms with Crippen LogP contribution in [0.15, 0.2) is 30.6 Å². The van der Waals surface area contributed by atoms with Crippen LogP contribution < -0.4 is 15.4 Å². The van der Waals surface area contributed by atoms with Crippen LogP contribution in [0.2, 0.25) is 5.28 Å². The molecule has 8 nitrogen and oxygen atoms in total. The fourth-order valence-corrected chi connectivity index (χ4v) is 2.27. The Bertz CT molecular complexity index is 849. The summed E-state index contributed by atoms with van der Waals surface area (Å²) in [7, 11) is 1.61. The van der Waals surface area contributed by atoms with Gasteiger partial charge >= 0.3 is 0 Å². The topological polar surface area (TPSA) is 105 Å². The third-order valence-corrected chi connectivity index (χ3v) is 3.49. The number of nitrogens with zero attached hydrogens (tertiary/aromatic N) is 3. The van der Waals surface area contributed by atoms with Gasteiger partial charge in [-0.15, -0.1) is 0 Å². The molecule has 3 rings (SSSR count). The Morgan fingerprint density at radius 1 is 1.29 bits per heavy atom. The van der Waals surface area contributed by atoms with Crippen molar-refractivity contribution in [1.82, 2.24) is 25.3 Å². The van der Waals surface area contributed by atoms with Crippen LogP contribution in [0.3, 0.4) is 0 Å². The Morgan fingerprint density at radius 2 is 2.08 bits per heavy atom. The molecule has 9 heteroatoms. The zero-order valence-electron chi connectivity index (χ0n) is 12.8. The highest BCUT2D eigenvalue weighted by Crippen LogP contribution is 2.18. The third kappa shape index (κ3) is 3.72. The molecule has 0 radical (unpaired) electrons. The minimum absolute atomic E-state index is 0.0532. The Morgan fingerprint density at radius 3 is 2.83 bits per heavy atom. The number of hydrogen-bond acceptors (Lipinski definition) is 6. The molecule has 2 heterocycles. The predicted octanol–water partition coefficient (Wildman–Crippen LogP) is 1.74. The highest BCUT2D eigenvalue weighted by molar-refractivity contribution is 6.28. The summed E-state index contributed by atoms with van der Waals surface area (Å²) in [5, 5.41) is 5.81. The van der Waals surface area contributed by atoms with Crippen LogP contribution in [0, 0.1) is 0 Å². The maximum Gasteiger partial charge on any atom is 0.239 e. The SMILES string of the molecule is COc1ccc(CNC(=O)CNc2nc(Cl)nc3nc[nH]c23)cc1. The number of halogens is 1. The summed E-state index contributed by atoms with van der Waals surface area (Å²) in [6.07, 6.45) is 1.49. The average molecular weight is 347 g/mol. The number of anilines is 1. The van der Waals surface area contributed by atoms with Gasteiger partial charge in [-0.25, -0.2) is 4.98 Å². The van der Waals surface area contributed by atoms with Crippen LogP contribution in [-0.4, -0.2) is 39.5 Å². The molecule has 0 bridgehead atoms. The van der Waals surface area contributed by atoms with Gasteiger partial charge in [0.1, 0.15) is 11.3 Å². The Balaban J connectivity index is 1.55. The number of aromatic amines is 1. The molecule has 2 aromatic heterocycles. The summed E-state index contributed by atoms with van der Waals surface area (Å²) in [6.45, 7) is 0.478. The third-order valence-electron chi connectivity index (χ3n) is 3.32. The number of amides is 1. The zero-order chi connectivity index (χ0) is 16.9. The fourth-order valence-electron chi connectivity index (χ4n) is 2.11. The zero-order valence-corrected chi connectivity index (χ0v) is 13.6. The van der Waals surface area contributed by atoms with Crippen molar-refractivity contribution in [2.24, 2.45) is 0 Å². The number of nitrogens with one attached hydrogen (secondary N) is 3. The van der Waals surface area contributed by atoms with Gasteiger partial charge in [-0.1, -0.05) is 12.1 Å². The van der Waals surface area contributed by atoms with Gasteiger partial charge in [0.15, 0.2) is 11.5 Å². The van der Waals surface area contributed by atoms with Crippen molar-refractivity contribution in [3.8, 4) is 5.75 Å². The summed E-state index contributed by atoms with van der Waals surface area (Å²) >= 11 is 5.84. The number of rotatable bonds is 6. The first-order valence-electron chi connectivity index (χ1n) is 7.16. The molecule has 0 aliphatic carbocycles. The molecule has 3 N–H and O–H groups in total. The maximum absolute atomic E-state index is 12.0. The molecule has 1 aromatic carbocycles. The number of carbonyl (C=O) groups is 1. The van der Waals surface area contributed by atoms with Crippen LogP contribution in [0.5, 0.6) is 5.75 Å². The summed E-state index contributed by atoms with van der Waals surface area (Å²) < 4.78 is 5.09. The van der Waals surface area contributed by atoms with Crippen molar-refractivity contribution in [3.63, 3.8) is 0 Å². The maximum atomic E-state index is 12.0. The van der Waals surface area contributed by atoms with Crippen molar-refractivity contribution in [2.75, 3.05) is 19.0 Å². The van der Waals surface area contributed by atoms with Gasteiger partial charge in [0.05, 0.1) is 20.0 Å². The molecule has 24 heavy (non-hydrogen) atoms. The molecular weight excluding hydrogens is 332 g/mol. The van der Waals surface area contributed by atoms with E-state index in [-0.39, 0.29) is 17.7 Å². The average Bonchev–Trinajstić information content (AvgIpc) is 3.06. The normalized spacial score (nSPS) is 10.6. The van der Waals surface area contributed by atoms with Gasteiger partial charge in [-0.2, -0.15) is 9.97 Å². The first-order valence-corrected chi connectivity index (χ1v) is 7.53. The van der Waals surface area contributed by atoms with Crippen LogP contribution in [-0.2, 0) is 11.3 Å². The first-order chi connectivity index (χ1) is 11.7. The molecule has 0 saturated heterocycles. The van der Waals surface area contributed by atoms with E-state index < -0.39 is 0 Å². The summed E-state index contributed by atoms with van der Waals surface area (Å²) in [5.74, 6) is 1.03. The second-order valence-electron chi connectivity index (χ2n) is 4.92. The van der Waals surface area contributed by atoms with Crippen molar-refractivity contribution in [2.45, 2.75) is 6.54 Å². The van der Waals surface area contributed by atoms with Crippen LogP contribution >= 0.6 is 11.6 Å². The number of imidazole rings is 1. The number of ether oxygens (including phenoxy) is 1. The molecule has 0 aliphatic heterocycles. The van der Waals surface area contributed by atoms with E-state index >= 15 is 0 Å². The van der Waals surface area contributed by atoms with Crippen molar-refractivity contribution in [1.29, 1.82) is 0 Å². The van der Waals surface area contributed by atoms with E-state index in [1.54, 1.807) is 7.11 Å². The molecular formula is C15H15ClN6O2. The lowest BCUT2D eigenvalue weighted by Crippen LogP contribution is -2.29. The lowest BCUT2D eigenvalue weighted by atomic mass is 10.2. The van der Waals surface area contributed by atoms with Crippen LogP contribution in [0.4, 0.5) is 5.82 Å². The van der Waals surface area contributed by atoms with Gasteiger partial charge in [0.25, 0.3) is 0 Å². The number of H-pyrrole nitrogens is 1. The quantitative estimate of drug-likeness (QED) is 0.587. The number of hydrogen-bond donors (Lipinski definition) is 3. The second kappa shape index (κ2) is 7.14. The molecule has 124 valence electrons. The lowest BCUT2D eigenvalue weighted by Gasteiger charge is -2.08. The van der Waals surface area contributed by atoms with Gasteiger partial charge in [-0.3, -0.25) is 4.79 Å². The number of benzene rings is 1. The first kappa shape index (κ1) is 16.0. The molecule has 3 aromatic rings. The molecule has 0 fully saturated rings. The molecule has 0 unspecified atom stereocenters. The largest absolute Gasteiger partial charge is 0.497 e.